The predicted octanol–water partition coefficient (Wildman–Crippen LogP) is 0.350. The van der Waals surface area contributed by atoms with Gasteiger partial charge in [-0.3, -0.25) is 34.3 Å². The highest BCUT2D eigenvalue weighted by Crippen LogP contribution is 2.21. The summed E-state index contributed by atoms with van der Waals surface area (Å²) in [4.78, 5) is 53.1. The molecule has 0 aromatic carbocycles. The van der Waals surface area contributed by atoms with Crippen LogP contribution in [0.1, 0.15) is 47.5 Å². The third-order valence-corrected chi connectivity index (χ3v) is 6.00. The van der Waals surface area contributed by atoms with Gasteiger partial charge < -0.3 is 18.9 Å². The molecule has 3 atom stereocenters. The Kier molecular flexibility index (Phi) is 12.5. The smallest absolute Gasteiger partial charge is 0.323 e. The molecule has 0 spiro atoms. The minimum atomic E-state index is -0.785. The average Bonchev–Trinajstić information content (AvgIpc) is 2.99. The highest BCUT2D eigenvalue weighted by molar-refractivity contribution is 5.77. The van der Waals surface area contributed by atoms with E-state index in [9.17, 15) is 19.2 Å². The molecule has 0 radical (unpaired) electrons. The van der Waals surface area contributed by atoms with Crippen LogP contribution in [0, 0.1) is 0 Å². The van der Waals surface area contributed by atoms with Crippen LogP contribution in [0.2, 0.25) is 0 Å². The number of nitrogens with one attached hydrogen (secondary N) is 1. The van der Waals surface area contributed by atoms with Crippen molar-refractivity contribution >= 4 is 23.9 Å². The number of hydrogen-bond acceptors (Lipinski definition) is 11. The second kappa shape index (κ2) is 14.2. The van der Waals surface area contributed by atoms with E-state index in [-0.39, 0.29) is 38.0 Å². The molecule has 1 rings (SSSR count). The standard InChI is InChI=1S/C23H41N3O8/c1-8-33-20(28)16(3)25-12-13-26(17(4)21(29)34-9-2)15-23(5,14-25)24-18(22(30)32-7)10-11-19(27)31-6/h16-18,24H,8-15H2,1-7H3/t16-,17-,18?/m1/s1. The normalized spacial score (nSPS) is 19.3. The van der Waals surface area contributed by atoms with Gasteiger partial charge in [0.1, 0.15) is 18.1 Å². The summed E-state index contributed by atoms with van der Waals surface area (Å²) in [7, 11) is 2.58. The third-order valence-electron chi connectivity index (χ3n) is 6.00. The van der Waals surface area contributed by atoms with E-state index in [0.29, 0.717) is 26.2 Å². The van der Waals surface area contributed by atoms with E-state index in [2.05, 4.69) is 5.32 Å². The largest absolute Gasteiger partial charge is 0.469 e. The molecule has 0 amide bonds. The molecule has 34 heavy (non-hydrogen) atoms. The molecular formula is C23H41N3O8. The van der Waals surface area contributed by atoms with E-state index >= 15 is 0 Å². The highest BCUT2D eigenvalue weighted by Gasteiger charge is 2.41. The number of rotatable bonds is 12. The zero-order valence-electron chi connectivity index (χ0n) is 21.5. The minimum Gasteiger partial charge on any atom is -0.469 e. The van der Waals surface area contributed by atoms with Gasteiger partial charge in [-0.05, 0) is 41.0 Å². The fourth-order valence-corrected chi connectivity index (χ4v) is 4.11. The first kappa shape index (κ1) is 29.8. The van der Waals surface area contributed by atoms with Crippen molar-refractivity contribution < 1.29 is 38.1 Å². The van der Waals surface area contributed by atoms with Crippen LogP contribution < -0.4 is 5.32 Å². The first-order chi connectivity index (χ1) is 16.0. The Labute approximate surface area is 202 Å². The van der Waals surface area contributed by atoms with Crippen LogP contribution >= 0.6 is 0 Å². The van der Waals surface area contributed by atoms with E-state index in [0.717, 1.165) is 0 Å². The molecule has 0 saturated carbocycles. The van der Waals surface area contributed by atoms with Crippen LogP contribution in [0.3, 0.4) is 0 Å². The van der Waals surface area contributed by atoms with Crippen LogP contribution in [-0.2, 0) is 38.1 Å². The molecular weight excluding hydrogens is 446 g/mol. The summed E-state index contributed by atoms with van der Waals surface area (Å²) in [6, 6.07) is -1.83. The maximum Gasteiger partial charge on any atom is 0.323 e. The summed E-state index contributed by atoms with van der Waals surface area (Å²) in [5.74, 6) is -1.62. The lowest BCUT2D eigenvalue weighted by Crippen LogP contribution is -2.62. The van der Waals surface area contributed by atoms with Crippen molar-refractivity contribution in [3.05, 3.63) is 0 Å². The fraction of sp³-hybridized carbons (Fsp3) is 0.826. The van der Waals surface area contributed by atoms with Gasteiger partial charge in [-0.15, -0.1) is 0 Å². The third kappa shape index (κ3) is 8.84. The number of ether oxygens (including phenoxy) is 4. The molecule has 11 nitrogen and oxygen atoms in total. The zero-order valence-corrected chi connectivity index (χ0v) is 21.5. The zero-order chi connectivity index (χ0) is 25.9. The Morgan fingerprint density at radius 3 is 1.71 bits per heavy atom. The second-order valence-corrected chi connectivity index (χ2v) is 8.69. The molecule has 1 heterocycles. The van der Waals surface area contributed by atoms with E-state index in [1.54, 1.807) is 27.7 Å². The summed E-state index contributed by atoms with van der Waals surface area (Å²) >= 11 is 0. The SMILES string of the molecule is CCOC(=O)[C@@H](C)N1CCN([C@H](C)C(=O)OCC)CC(C)(NC(CCC(=O)OC)C(=O)OC)C1. The quantitative estimate of drug-likeness (QED) is 0.303. The number of hydrogen-bond donors (Lipinski definition) is 1. The monoisotopic (exact) mass is 487 g/mol. The number of methoxy groups -OCH3 is 2. The van der Waals surface area contributed by atoms with E-state index in [1.165, 1.54) is 14.2 Å². The van der Waals surface area contributed by atoms with Gasteiger partial charge in [-0.25, -0.2) is 0 Å². The van der Waals surface area contributed by atoms with Gasteiger partial charge in [0.2, 0.25) is 0 Å². The van der Waals surface area contributed by atoms with Crippen molar-refractivity contribution in [2.24, 2.45) is 0 Å². The second-order valence-electron chi connectivity index (χ2n) is 8.69. The van der Waals surface area contributed by atoms with Crippen molar-refractivity contribution in [3.8, 4) is 0 Å². The van der Waals surface area contributed by atoms with Gasteiger partial charge >= 0.3 is 23.9 Å². The Morgan fingerprint density at radius 1 is 0.853 bits per heavy atom. The molecule has 0 bridgehead atoms. The number of nitrogens with zero attached hydrogens (tertiary/aromatic N) is 2. The maximum absolute atomic E-state index is 12.5. The molecule has 0 aromatic heterocycles. The Bertz CT molecular complexity index is 668. The molecule has 1 aliphatic rings. The van der Waals surface area contributed by atoms with E-state index in [1.807, 2.05) is 16.7 Å². The molecule has 1 N–H and O–H groups in total. The van der Waals surface area contributed by atoms with Crippen LogP contribution in [0.5, 0.6) is 0 Å². The summed E-state index contributed by atoms with van der Waals surface area (Å²) < 4.78 is 20.1. The van der Waals surface area contributed by atoms with E-state index < -0.39 is 35.6 Å². The Balaban J connectivity index is 3.22. The molecule has 1 fully saturated rings. The van der Waals surface area contributed by atoms with Crippen molar-refractivity contribution in [2.75, 3.05) is 53.6 Å². The number of carbonyl (C=O) groups excluding carboxylic acids is 4. The van der Waals surface area contributed by atoms with Crippen molar-refractivity contribution in [2.45, 2.75) is 71.1 Å². The number of carbonyl (C=O) groups is 4. The predicted molar refractivity (Wildman–Crippen MR) is 124 cm³/mol. The summed E-state index contributed by atoms with van der Waals surface area (Å²) in [5, 5.41) is 3.34. The van der Waals surface area contributed by atoms with Gasteiger partial charge in [-0.2, -0.15) is 0 Å². The minimum absolute atomic E-state index is 0.0330. The topological polar surface area (TPSA) is 124 Å². The van der Waals surface area contributed by atoms with Crippen molar-refractivity contribution in [1.29, 1.82) is 0 Å². The van der Waals surface area contributed by atoms with Gasteiger partial charge in [0.05, 0.1) is 27.4 Å². The maximum atomic E-state index is 12.5. The van der Waals surface area contributed by atoms with Crippen LogP contribution in [-0.4, -0.2) is 111 Å². The molecule has 1 unspecified atom stereocenters. The fourth-order valence-electron chi connectivity index (χ4n) is 4.11. The van der Waals surface area contributed by atoms with E-state index in [4.69, 9.17) is 18.9 Å². The van der Waals surface area contributed by atoms with Gasteiger partial charge in [0.25, 0.3) is 0 Å². The van der Waals surface area contributed by atoms with Crippen LogP contribution in [0.25, 0.3) is 0 Å². The lowest BCUT2D eigenvalue weighted by atomic mass is 9.97. The van der Waals surface area contributed by atoms with Crippen LogP contribution in [0.15, 0.2) is 0 Å². The highest BCUT2D eigenvalue weighted by atomic mass is 16.5. The first-order valence-corrected chi connectivity index (χ1v) is 11.8. The van der Waals surface area contributed by atoms with Gasteiger partial charge in [-0.1, -0.05) is 0 Å². The van der Waals surface area contributed by atoms with Gasteiger partial charge in [0.15, 0.2) is 0 Å². The summed E-state index contributed by atoms with van der Waals surface area (Å²) in [6.45, 7) is 11.3. The van der Waals surface area contributed by atoms with Crippen LogP contribution in [0.4, 0.5) is 0 Å². The molecule has 1 saturated heterocycles. The molecule has 196 valence electrons. The lowest BCUT2D eigenvalue weighted by molar-refractivity contribution is -0.150. The summed E-state index contributed by atoms with van der Waals surface area (Å²) in [5.41, 5.74) is -0.743. The Morgan fingerprint density at radius 2 is 1.32 bits per heavy atom. The molecule has 0 aromatic rings. The van der Waals surface area contributed by atoms with Crippen molar-refractivity contribution in [3.63, 3.8) is 0 Å². The lowest BCUT2D eigenvalue weighted by Gasteiger charge is -2.39. The molecule has 1 aliphatic heterocycles. The summed E-state index contributed by atoms with van der Waals surface area (Å²) in [6.07, 6.45) is 0.209. The molecule has 0 aliphatic carbocycles. The average molecular weight is 488 g/mol. The molecule has 11 heteroatoms. The number of esters is 4. The first-order valence-electron chi connectivity index (χ1n) is 11.8. The van der Waals surface area contributed by atoms with Crippen molar-refractivity contribution in [1.82, 2.24) is 15.1 Å². The Hall–Kier alpha value is -2.24. The van der Waals surface area contributed by atoms with Gasteiger partial charge in [0, 0.05) is 38.1 Å².